The van der Waals surface area contributed by atoms with Crippen LogP contribution in [0.4, 0.5) is 0 Å². The topological polar surface area (TPSA) is 44.0 Å². The summed E-state index contributed by atoms with van der Waals surface area (Å²) in [5.41, 5.74) is 2.46. The van der Waals surface area contributed by atoms with Gasteiger partial charge in [0.1, 0.15) is 0 Å². The van der Waals surface area contributed by atoms with Crippen molar-refractivity contribution in [3.8, 4) is 0 Å². The zero-order chi connectivity index (χ0) is 13.0. The summed E-state index contributed by atoms with van der Waals surface area (Å²) in [5, 5.41) is 11.1. The van der Waals surface area contributed by atoms with Crippen LogP contribution in [0.3, 0.4) is 0 Å². The molecule has 102 valence electrons. The third kappa shape index (κ3) is 3.82. The molecule has 0 bridgehead atoms. The van der Waals surface area contributed by atoms with Gasteiger partial charge in [0.15, 0.2) is 0 Å². The van der Waals surface area contributed by atoms with E-state index in [-0.39, 0.29) is 0 Å². The SMILES string of the molecule is CCN(CC)CC(C)NCc1cc(C2CC2)n[nH]1. The Kier molecular flexibility index (Phi) is 4.78. The van der Waals surface area contributed by atoms with Crippen LogP contribution in [0.25, 0.3) is 0 Å². The second kappa shape index (κ2) is 6.34. The number of nitrogens with zero attached hydrogens (tertiary/aromatic N) is 2. The highest BCUT2D eigenvalue weighted by molar-refractivity contribution is 5.17. The molecule has 1 aliphatic rings. The van der Waals surface area contributed by atoms with Gasteiger partial charge in [-0.05, 0) is 38.9 Å². The molecule has 2 rings (SSSR count). The number of aromatic nitrogens is 2. The van der Waals surface area contributed by atoms with Gasteiger partial charge < -0.3 is 10.2 Å². The van der Waals surface area contributed by atoms with Gasteiger partial charge in [-0.2, -0.15) is 5.10 Å². The summed E-state index contributed by atoms with van der Waals surface area (Å²) in [4.78, 5) is 2.44. The Bertz CT molecular complexity index is 352. The van der Waals surface area contributed by atoms with Crippen LogP contribution in [-0.2, 0) is 6.54 Å². The molecule has 1 saturated carbocycles. The summed E-state index contributed by atoms with van der Waals surface area (Å²) in [5.74, 6) is 0.739. The molecule has 2 N–H and O–H groups in total. The van der Waals surface area contributed by atoms with E-state index in [2.05, 4.69) is 47.3 Å². The van der Waals surface area contributed by atoms with Crippen LogP contribution in [0.2, 0.25) is 0 Å². The minimum absolute atomic E-state index is 0.512. The first-order valence-corrected chi connectivity index (χ1v) is 7.22. The molecule has 4 heteroatoms. The van der Waals surface area contributed by atoms with Crippen molar-refractivity contribution in [1.29, 1.82) is 0 Å². The van der Waals surface area contributed by atoms with E-state index in [9.17, 15) is 0 Å². The second-order valence-electron chi connectivity index (χ2n) is 5.36. The summed E-state index contributed by atoms with van der Waals surface area (Å²) in [6, 6.07) is 2.73. The van der Waals surface area contributed by atoms with E-state index in [0.717, 1.165) is 32.1 Å². The number of rotatable bonds is 8. The molecular weight excluding hydrogens is 224 g/mol. The van der Waals surface area contributed by atoms with Gasteiger partial charge in [-0.25, -0.2) is 0 Å². The van der Waals surface area contributed by atoms with Gasteiger partial charge in [0, 0.05) is 30.7 Å². The van der Waals surface area contributed by atoms with E-state index in [1.165, 1.54) is 24.2 Å². The fraction of sp³-hybridized carbons (Fsp3) is 0.786. The number of hydrogen-bond acceptors (Lipinski definition) is 3. The van der Waals surface area contributed by atoms with Crippen LogP contribution >= 0.6 is 0 Å². The Morgan fingerprint density at radius 1 is 1.44 bits per heavy atom. The number of hydrogen-bond donors (Lipinski definition) is 2. The summed E-state index contributed by atoms with van der Waals surface area (Å²) < 4.78 is 0. The Balaban J connectivity index is 1.72. The lowest BCUT2D eigenvalue weighted by molar-refractivity contribution is 0.270. The highest BCUT2D eigenvalue weighted by Gasteiger charge is 2.25. The van der Waals surface area contributed by atoms with Crippen LogP contribution in [-0.4, -0.2) is 40.8 Å². The summed E-state index contributed by atoms with van der Waals surface area (Å²) >= 11 is 0. The van der Waals surface area contributed by atoms with Crippen LogP contribution < -0.4 is 5.32 Å². The molecule has 0 aromatic carbocycles. The summed E-state index contributed by atoms with van der Waals surface area (Å²) in [7, 11) is 0. The Labute approximate surface area is 110 Å². The van der Waals surface area contributed by atoms with Crippen molar-refractivity contribution >= 4 is 0 Å². The standard InChI is InChI=1S/C14H26N4/c1-4-18(5-2)10-11(3)15-9-13-8-14(17-16-13)12-6-7-12/h8,11-12,15H,4-7,9-10H2,1-3H3,(H,16,17). The van der Waals surface area contributed by atoms with Crippen LogP contribution in [0.5, 0.6) is 0 Å². The lowest BCUT2D eigenvalue weighted by Gasteiger charge is -2.23. The predicted molar refractivity (Wildman–Crippen MR) is 74.7 cm³/mol. The lowest BCUT2D eigenvalue weighted by atomic mass is 10.2. The molecule has 0 radical (unpaired) electrons. The number of likely N-dealkylation sites (N-methyl/N-ethyl adjacent to an activating group) is 1. The van der Waals surface area contributed by atoms with Gasteiger partial charge >= 0.3 is 0 Å². The fourth-order valence-corrected chi connectivity index (χ4v) is 2.28. The van der Waals surface area contributed by atoms with E-state index >= 15 is 0 Å². The highest BCUT2D eigenvalue weighted by atomic mass is 15.2. The Morgan fingerprint density at radius 3 is 2.78 bits per heavy atom. The molecule has 4 nitrogen and oxygen atoms in total. The maximum Gasteiger partial charge on any atom is 0.0656 e. The third-order valence-corrected chi connectivity index (χ3v) is 3.71. The molecule has 1 unspecified atom stereocenters. The smallest absolute Gasteiger partial charge is 0.0656 e. The molecule has 0 amide bonds. The number of aromatic amines is 1. The van der Waals surface area contributed by atoms with Gasteiger partial charge in [-0.3, -0.25) is 5.10 Å². The van der Waals surface area contributed by atoms with Crippen molar-refractivity contribution < 1.29 is 0 Å². The fourth-order valence-electron chi connectivity index (χ4n) is 2.28. The van der Waals surface area contributed by atoms with Crippen LogP contribution in [0.1, 0.15) is 50.9 Å². The van der Waals surface area contributed by atoms with Crippen molar-refractivity contribution in [2.75, 3.05) is 19.6 Å². The second-order valence-corrected chi connectivity index (χ2v) is 5.36. The molecule has 1 aromatic heterocycles. The average Bonchev–Trinajstić information content (AvgIpc) is 3.13. The highest BCUT2D eigenvalue weighted by Crippen LogP contribution is 2.38. The molecule has 0 aliphatic heterocycles. The normalized spacial score (nSPS) is 17.3. The molecular formula is C14H26N4. The van der Waals surface area contributed by atoms with E-state index < -0.39 is 0 Å². The van der Waals surface area contributed by atoms with E-state index in [0.29, 0.717) is 6.04 Å². The Morgan fingerprint density at radius 2 is 2.17 bits per heavy atom. The molecule has 1 aliphatic carbocycles. The first kappa shape index (κ1) is 13.6. The van der Waals surface area contributed by atoms with Crippen LogP contribution in [0, 0.1) is 0 Å². The first-order chi connectivity index (χ1) is 8.72. The maximum atomic E-state index is 4.37. The van der Waals surface area contributed by atoms with E-state index in [1.54, 1.807) is 0 Å². The van der Waals surface area contributed by atoms with Crippen molar-refractivity contribution in [1.82, 2.24) is 20.4 Å². The predicted octanol–water partition coefficient (Wildman–Crippen LogP) is 2.11. The molecule has 0 saturated heterocycles. The Hall–Kier alpha value is -0.870. The largest absolute Gasteiger partial charge is 0.307 e. The van der Waals surface area contributed by atoms with Crippen molar-refractivity contribution in [2.24, 2.45) is 0 Å². The molecule has 1 heterocycles. The van der Waals surface area contributed by atoms with Gasteiger partial charge in [0.2, 0.25) is 0 Å². The van der Waals surface area contributed by atoms with E-state index in [1.807, 2.05) is 0 Å². The number of nitrogens with one attached hydrogen (secondary N) is 2. The number of H-pyrrole nitrogens is 1. The average molecular weight is 250 g/mol. The molecule has 0 spiro atoms. The lowest BCUT2D eigenvalue weighted by Crippen LogP contribution is -2.38. The maximum absolute atomic E-state index is 4.37. The molecule has 1 aromatic rings. The third-order valence-electron chi connectivity index (χ3n) is 3.71. The zero-order valence-electron chi connectivity index (χ0n) is 11.9. The van der Waals surface area contributed by atoms with Gasteiger partial charge in [0.25, 0.3) is 0 Å². The van der Waals surface area contributed by atoms with E-state index in [4.69, 9.17) is 0 Å². The molecule has 18 heavy (non-hydrogen) atoms. The van der Waals surface area contributed by atoms with Crippen molar-refractivity contribution in [3.05, 3.63) is 17.5 Å². The summed E-state index contributed by atoms with van der Waals surface area (Å²) in [6.45, 7) is 10.9. The summed E-state index contributed by atoms with van der Waals surface area (Å²) in [6.07, 6.45) is 2.63. The molecule has 1 atom stereocenters. The van der Waals surface area contributed by atoms with Gasteiger partial charge in [0.05, 0.1) is 5.69 Å². The van der Waals surface area contributed by atoms with Gasteiger partial charge in [-0.1, -0.05) is 13.8 Å². The minimum Gasteiger partial charge on any atom is -0.307 e. The zero-order valence-corrected chi connectivity index (χ0v) is 11.9. The van der Waals surface area contributed by atoms with Crippen molar-refractivity contribution in [3.63, 3.8) is 0 Å². The monoisotopic (exact) mass is 250 g/mol. The van der Waals surface area contributed by atoms with Crippen LogP contribution in [0.15, 0.2) is 6.07 Å². The van der Waals surface area contributed by atoms with Crippen molar-refractivity contribution in [2.45, 2.75) is 52.1 Å². The molecule has 1 fully saturated rings. The minimum atomic E-state index is 0.512. The quantitative estimate of drug-likeness (QED) is 0.742. The first-order valence-electron chi connectivity index (χ1n) is 7.22. The van der Waals surface area contributed by atoms with Gasteiger partial charge in [-0.15, -0.1) is 0 Å².